The van der Waals surface area contributed by atoms with Gasteiger partial charge in [-0.1, -0.05) is 165 Å². The Hall–Kier alpha value is -7.62. The predicted octanol–water partition coefficient (Wildman–Crippen LogP) is 15.6. The van der Waals surface area contributed by atoms with Crippen LogP contribution in [0.3, 0.4) is 0 Å². The van der Waals surface area contributed by atoms with E-state index in [4.69, 9.17) is 8.83 Å². The van der Waals surface area contributed by atoms with Crippen molar-refractivity contribution in [2.45, 2.75) is 12.3 Å². The Morgan fingerprint density at radius 1 is 0.627 bits per heavy atom. The normalized spacial score (nSPS) is 15.1. The molecule has 1 atom stereocenters. The summed E-state index contributed by atoms with van der Waals surface area (Å²) in [6.45, 7) is 8.25. The number of hydrogen-bond acceptors (Lipinski definition) is 3. The van der Waals surface area contributed by atoms with Gasteiger partial charge in [-0.25, -0.2) is 0 Å². The van der Waals surface area contributed by atoms with Crippen LogP contribution in [0, 0.1) is 0 Å². The number of nitrogens with zero attached hydrogens (tertiary/aromatic N) is 1. The molecule has 0 saturated carbocycles. The minimum absolute atomic E-state index is 0.197. The molecule has 0 fully saturated rings. The lowest BCUT2D eigenvalue weighted by Gasteiger charge is -2.27. The summed E-state index contributed by atoms with van der Waals surface area (Å²) in [6, 6.07) is 49.0. The van der Waals surface area contributed by atoms with Crippen molar-refractivity contribution in [3.05, 3.63) is 242 Å². The molecule has 0 amide bonds. The van der Waals surface area contributed by atoms with Crippen molar-refractivity contribution >= 4 is 77.1 Å². The summed E-state index contributed by atoms with van der Waals surface area (Å²) in [6.07, 6.45) is 24.2. The van der Waals surface area contributed by atoms with Crippen molar-refractivity contribution in [3.63, 3.8) is 0 Å². The second kappa shape index (κ2) is 15.4. The molecular weight excluding hydrogens is 719 g/mol. The smallest absolute Gasteiger partial charge is 0.143 e. The largest absolute Gasteiger partial charge is 0.456 e. The molecule has 0 saturated heterocycles. The third-order valence-electron chi connectivity index (χ3n) is 11.4. The van der Waals surface area contributed by atoms with Gasteiger partial charge in [0, 0.05) is 56.0 Å². The Morgan fingerprint density at radius 3 is 2.27 bits per heavy atom. The molecule has 0 aliphatic heterocycles. The SMILES string of the molecule is C=C/C=C\C(=C\c1cccc2c1oc1c3ccccc3ccc21)N(/C=C/C=C(\C=C)c1ccc2oc3ccccc3c2c1)C1=CC(c2ccc3ccccc3c2)CC=C1. The van der Waals surface area contributed by atoms with Crippen molar-refractivity contribution in [3.8, 4) is 0 Å². The molecule has 1 aliphatic rings. The highest BCUT2D eigenvalue weighted by atomic mass is 16.3. The van der Waals surface area contributed by atoms with Crippen LogP contribution in [0.1, 0.15) is 29.0 Å². The number of furan rings is 2. The first-order valence-corrected chi connectivity index (χ1v) is 20.1. The zero-order valence-corrected chi connectivity index (χ0v) is 32.6. The number of hydrogen-bond donors (Lipinski definition) is 0. The van der Waals surface area contributed by atoms with Gasteiger partial charge < -0.3 is 13.7 Å². The van der Waals surface area contributed by atoms with Crippen LogP contribution in [0.25, 0.3) is 77.1 Å². The first-order chi connectivity index (χ1) is 29.1. The highest BCUT2D eigenvalue weighted by Gasteiger charge is 2.19. The maximum atomic E-state index is 6.78. The third kappa shape index (κ3) is 6.73. The molecule has 2 heterocycles. The molecule has 2 aromatic heterocycles. The Kier molecular flexibility index (Phi) is 9.32. The molecule has 9 aromatic rings. The fraction of sp³-hybridized carbons (Fsp3) is 0.0357. The first kappa shape index (κ1) is 35.8. The molecule has 1 unspecified atom stereocenters. The van der Waals surface area contributed by atoms with Gasteiger partial charge >= 0.3 is 0 Å². The molecular formula is C56H41NO2. The number of fused-ring (bicyclic) bond motifs is 9. The van der Waals surface area contributed by atoms with Gasteiger partial charge in [0.1, 0.15) is 22.3 Å². The molecule has 0 N–H and O–H groups in total. The average Bonchev–Trinajstić information content (AvgIpc) is 3.87. The van der Waals surface area contributed by atoms with Crippen molar-refractivity contribution in [1.82, 2.24) is 4.90 Å². The minimum Gasteiger partial charge on any atom is -0.456 e. The topological polar surface area (TPSA) is 29.5 Å². The standard InChI is InChI=1S/C56H41NO2/c1-3-5-21-46(36-45-19-13-25-50-51-31-29-40-16-8-9-23-48(40)56(51)59-55(45)50)57(47-22-12-18-42(35-47)43-28-27-39-15-6-7-17-41(39)34-43)33-14-20-38(4-2)44-30-32-54-52(37-44)49-24-10-11-26-53(49)58-54/h3-17,19-37,42H,1-2,18H2/b21-5-,33-14+,38-20+,46-36-. The average molecular weight is 760 g/mol. The molecule has 1 aliphatic carbocycles. The number of para-hydroxylation sites is 2. The van der Waals surface area contributed by atoms with Crippen molar-refractivity contribution < 1.29 is 8.83 Å². The van der Waals surface area contributed by atoms with E-state index in [9.17, 15) is 0 Å². The van der Waals surface area contributed by atoms with Crippen LogP contribution in [0.4, 0.5) is 0 Å². The lowest BCUT2D eigenvalue weighted by molar-refractivity contribution is 0.601. The Labute approximate surface area is 343 Å². The number of benzene rings is 7. The Morgan fingerprint density at radius 2 is 1.39 bits per heavy atom. The zero-order chi connectivity index (χ0) is 39.7. The Bertz CT molecular complexity index is 3300. The maximum Gasteiger partial charge on any atom is 0.143 e. The van der Waals surface area contributed by atoms with E-state index < -0.39 is 0 Å². The van der Waals surface area contributed by atoms with Crippen LogP contribution in [0.5, 0.6) is 0 Å². The molecule has 3 nitrogen and oxygen atoms in total. The molecule has 0 radical (unpaired) electrons. The summed E-state index contributed by atoms with van der Waals surface area (Å²) in [5.41, 5.74) is 9.86. The van der Waals surface area contributed by atoms with E-state index in [1.165, 1.54) is 16.3 Å². The molecule has 3 heteroatoms. The summed E-state index contributed by atoms with van der Waals surface area (Å²) >= 11 is 0. The van der Waals surface area contributed by atoms with Crippen LogP contribution in [0.15, 0.2) is 234 Å². The van der Waals surface area contributed by atoms with Gasteiger partial charge in [-0.15, -0.1) is 0 Å². The van der Waals surface area contributed by atoms with Gasteiger partial charge in [-0.05, 0) is 87.8 Å². The highest BCUT2D eigenvalue weighted by Crippen LogP contribution is 2.38. The number of allylic oxidation sites excluding steroid dienone is 10. The second-order valence-corrected chi connectivity index (χ2v) is 14.9. The van der Waals surface area contributed by atoms with E-state index >= 15 is 0 Å². The van der Waals surface area contributed by atoms with E-state index in [1.807, 2.05) is 42.5 Å². The van der Waals surface area contributed by atoms with E-state index in [-0.39, 0.29) is 5.92 Å². The summed E-state index contributed by atoms with van der Waals surface area (Å²) in [5, 5.41) is 9.13. The Balaban J connectivity index is 1.11. The number of rotatable bonds is 10. The lowest BCUT2D eigenvalue weighted by Crippen LogP contribution is -2.16. The van der Waals surface area contributed by atoms with E-state index in [0.29, 0.717) is 0 Å². The molecule has 10 rings (SSSR count). The summed E-state index contributed by atoms with van der Waals surface area (Å²) in [7, 11) is 0. The first-order valence-electron chi connectivity index (χ1n) is 20.1. The van der Waals surface area contributed by atoms with Crippen molar-refractivity contribution in [2.24, 2.45) is 0 Å². The van der Waals surface area contributed by atoms with E-state index in [1.54, 1.807) is 0 Å². The monoisotopic (exact) mass is 759 g/mol. The quantitative estimate of drug-likeness (QED) is 0.130. The molecule has 59 heavy (non-hydrogen) atoms. The molecule has 0 spiro atoms. The highest BCUT2D eigenvalue weighted by molar-refractivity contribution is 6.16. The second-order valence-electron chi connectivity index (χ2n) is 14.9. The van der Waals surface area contributed by atoms with E-state index in [2.05, 4.69) is 182 Å². The van der Waals surface area contributed by atoms with Gasteiger partial charge in [0.05, 0.1) is 0 Å². The lowest BCUT2D eigenvalue weighted by atomic mass is 9.89. The minimum atomic E-state index is 0.197. The fourth-order valence-corrected chi connectivity index (χ4v) is 8.42. The van der Waals surface area contributed by atoms with Crippen LogP contribution in [-0.2, 0) is 0 Å². The van der Waals surface area contributed by atoms with Crippen LogP contribution >= 0.6 is 0 Å². The van der Waals surface area contributed by atoms with Gasteiger partial charge in [-0.3, -0.25) is 0 Å². The molecule has 7 aromatic carbocycles. The summed E-state index contributed by atoms with van der Waals surface area (Å²) in [5.74, 6) is 0.197. The van der Waals surface area contributed by atoms with Gasteiger partial charge in [-0.2, -0.15) is 0 Å². The zero-order valence-electron chi connectivity index (χ0n) is 32.6. The third-order valence-corrected chi connectivity index (χ3v) is 11.4. The van der Waals surface area contributed by atoms with Crippen LogP contribution in [0.2, 0.25) is 0 Å². The van der Waals surface area contributed by atoms with Crippen molar-refractivity contribution in [2.75, 3.05) is 0 Å². The summed E-state index contributed by atoms with van der Waals surface area (Å²) < 4.78 is 12.9. The maximum absolute atomic E-state index is 6.78. The summed E-state index contributed by atoms with van der Waals surface area (Å²) in [4.78, 5) is 2.25. The van der Waals surface area contributed by atoms with Gasteiger partial charge in [0.2, 0.25) is 0 Å². The molecule has 282 valence electrons. The van der Waals surface area contributed by atoms with Gasteiger partial charge in [0.25, 0.3) is 0 Å². The molecule has 0 bridgehead atoms. The fourth-order valence-electron chi connectivity index (χ4n) is 8.42. The predicted molar refractivity (Wildman–Crippen MR) is 250 cm³/mol. The van der Waals surface area contributed by atoms with E-state index in [0.717, 1.165) is 89.2 Å². The van der Waals surface area contributed by atoms with Gasteiger partial charge in [0.15, 0.2) is 0 Å². The van der Waals surface area contributed by atoms with Crippen LogP contribution < -0.4 is 0 Å². The van der Waals surface area contributed by atoms with Crippen LogP contribution in [-0.4, -0.2) is 4.90 Å². The van der Waals surface area contributed by atoms with Crippen molar-refractivity contribution in [1.29, 1.82) is 0 Å².